The number of aliphatic hydroxyl groups is 1. The van der Waals surface area contributed by atoms with E-state index in [2.05, 4.69) is 0 Å². The van der Waals surface area contributed by atoms with Gasteiger partial charge in [-0.15, -0.1) is 0 Å². The summed E-state index contributed by atoms with van der Waals surface area (Å²) < 4.78 is 4.90. The number of benzene rings is 1. The van der Waals surface area contributed by atoms with E-state index in [0.717, 1.165) is 12.8 Å². The van der Waals surface area contributed by atoms with Crippen LogP contribution < -0.4 is 4.74 Å². The Bertz CT molecular complexity index is 531. The van der Waals surface area contributed by atoms with Gasteiger partial charge in [-0.25, -0.2) is 0 Å². The summed E-state index contributed by atoms with van der Waals surface area (Å²) in [6, 6.07) is 3.92. The molecule has 0 spiro atoms. The fourth-order valence-corrected chi connectivity index (χ4v) is 2.42. The number of hydrogen-bond donors (Lipinski definition) is 1. The van der Waals surface area contributed by atoms with Gasteiger partial charge in [-0.3, -0.25) is 14.9 Å². The van der Waals surface area contributed by atoms with E-state index in [4.69, 9.17) is 4.74 Å². The number of nitro benzene ring substituents is 1. The van der Waals surface area contributed by atoms with Gasteiger partial charge >= 0.3 is 5.69 Å². The van der Waals surface area contributed by atoms with Gasteiger partial charge in [0.15, 0.2) is 5.75 Å². The molecule has 108 valence electrons. The molecule has 20 heavy (non-hydrogen) atoms. The van der Waals surface area contributed by atoms with Crippen molar-refractivity contribution in [3.8, 4) is 5.75 Å². The second-order valence-corrected chi connectivity index (χ2v) is 4.62. The van der Waals surface area contributed by atoms with Gasteiger partial charge in [-0.1, -0.05) is 0 Å². The van der Waals surface area contributed by atoms with Crippen LogP contribution in [0.2, 0.25) is 0 Å². The maximum absolute atomic E-state index is 12.3. The van der Waals surface area contributed by atoms with E-state index in [-0.39, 0.29) is 35.6 Å². The molecule has 7 nitrogen and oxygen atoms in total. The highest BCUT2D eigenvalue weighted by Crippen LogP contribution is 2.29. The lowest BCUT2D eigenvalue weighted by atomic mass is 10.1. The predicted octanol–water partition coefficient (Wildman–Crippen LogP) is 1.20. The average Bonchev–Trinajstić information content (AvgIpc) is 2.94. The zero-order valence-corrected chi connectivity index (χ0v) is 11.1. The third-order valence-electron chi connectivity index (χ3n) is 3.47. The van der Waals surface area contributed by atoms with Crippen molar-refractivity contribution >= 4 is 11.6 Å². The summed E-state index contributed by atoms with van der Waals surface area (Å²) >= 11 is 0. The van der Waals surface area contributed by atoms with E-state index in [1.54, 1.807) is 4.90 Å². The van der Waals surface area contributed by atoms with Crippen LogP contribution in [-0.2, 0) is 0 Å². The number of carbonyl (C=O) groups is 1. The highest BCUT2D eigenvalue weighted by Gasteiger charge is 2.30. The highest BCUT2D eigenvalue weighted by atomic mass is 16.6. The van der Waals surface area contributed by atoms with Crippen LogP contribution in [0.5, 0.6) is 5.75 Å². The van der Waals surface area contributed by atoms with Crippen LogP contribution in [0, 0.1) is 10.1 Å². The van der Waals surface area contributed by atoms with Gasteiger partial charge in [-0.05, 0) is 25.0 Å². The van der Waals surface area contributed by atoms with Crippen molar-refractivity contribution in [1.82, 2.24) is 4.90 Å². The summed E-state index contributed by atoms with van der Waals surface area (Å²) in [7, 11) is 1.34. The second-order valence-electron chi connectivity index (χ2n) is 4.62. The van der Waals surface area contributed by atoms with E-state index < -0.39 is 4.92 Å². The van der Waals surface area contributed by atoms with Gasteiger partial charge < -0.3 is 14.7 Å². The third kappa shape index (κ3) is 2.57. The molecule has 0 unspecified atom stereocenters. The average molecular weight is 280 g/mol. The summed E-state index contributed by atoms with van der Waals surface area (Å²) in [6.07, 6.45) is 1.58. The predicted molar refractivity (Wildman–Crippen MR) is 70.8 cm³/mol. The van der Waals surface area contributed by atoms with Crippen molar-refractivity contribution < 1.29 is 19.6 Å². The molecule has 0 bridgehead atoms. The molecular weight excluding hydrogens is 264 g/mol. The van der Waals surface area contributed by atoms with Crippen LogP contribution in [0.4, 0.5) is 5.69 Å². The van der Waals surface area contributed by atoms with Crippen molar-refractivity contribution in [3.05, 3.63) is 33.9 Å². The summed E-state index contributed by atoms with van der Waals surface area (Å²) in [5.74, 6) is -0.181. The number of aliphatic hydroxyl groups excluding tert-OH is 1. The Morgan fingerprint density at radius 2 is 2.35 bits per heavy atom. The molecule has 1 aromatic carbocycles. The number of nitro groups is 1. The number of nitrogens with zero attached hydrogens (tertiary/aromatic N) is 2. The van der Waals surface area contributed by atoms with E-state index in [1.165, 1.54) is 25.3 Å². The Hall–Kier alpha value is -2.15. The van der Waals surface area contributed by atoms with E-state index in [0.29, 0.717) is 6.54 Å². The van der Waals surface area contributed by atoms with Gasteiger partial charge in [0.25, 0.3) is 5.91 Å². The fourth-order valence-electron chi connectivity index (χ4n) is 2.42. The maximum atomic E-state index is 12.3. The van der Waals surface area contributed by atoms with Crippen molar-refractivity contribution in [2.24, 2.45) is 0 Å². The quantitative estimate of drug-likeness (QED) is 0.660. The van der Waals surface area contributed by atoms with Crippen LogP contribution in [0.1, 0.15) is 23.2 Å². The smallest absolute Gasteiger partial charge is 0.311 e. The zero-order valence-electron chi connectivity index (χ0n) is 11.1. The zero-order chi connectivity index (χ0) is 14.7. The minimum Gasteiger partial charge on any atom is -0.490 e. The lowest BCUT2D eigenvalue weighted by molar-refractivity contribution is -0.385. The molecule has 7 heteroatoms. The number of methoxy groups -OCH3 is 1. The van der Waals surface area contributed by atoms with Gasteiger partial charge in [0.1, 0.15) is 0 Å². The van der Waals surface area contributed by atoms with Crippen molar-refractivity contribution in [2.45, 2.75) is 18.9 Å². The van der Waals surface area contributed by atoms with E-state index in [9.17, 15) is 20.0 Å². The number of ether oxygens (including phenoxy) is 1. The molecule has 1 aliphatic heterocycles. The van der Waals surface area contributed by atoms with E-state index >= 15 is 0 Å². The van der Waals surface area contributed by atoms with Crippen molar-refractivity contribution in [1.29, 1.82) is 0 Å². The van der Waals surface area contributed by atoms with Crippen molar-refractivity contribution in [2.75, 3.05) is 20.3 Å². The molecule has 1 aliphatic rings. The topological polar surface area (TPSA) is 92.9 Å². The molecule has 0 radical (unpaired) electrons. The molecule has 1 amide bonds. The van der Waals surface area contributed by atoms with Gasteiger partial charge in [0.05, 0.1) is 24.7 Å². The number of amides is 1. The monoisotopic (exact) mass is 280 g/mol. The number of likely N-dealkylation sites (tertiary alicyclic amines) is 1. The van der Waals surface area contributed by atoms with E-state index in [1.807, 2.05) is 0 Å². The van der Waals surface area contributed by atoms with Crippen LogP contribution in [0.25, 0.3) is 0 Å². The molecule has 1 heterocycles. The van der Waals surface area contributed by atoms with Gasteiger partial charge in [-0.2, -0.15) is 0 Å². The fraction of sp³-hybridized carbons (Fsp3) is 0.462. The minimum absolute atomic E-state index is 0.0933. The Morgan fingerprint density at radius 3 is 2.95 bits per heavy atom. The Kier molecular flexibility index (Phi) is 4.19. The molecule has 1 fully saturated rings. The SMILES string of the molecule is COc1ccc(C(=O)N2CCC[C@@H]2CO)cc1[N+](=O)[O-]. The summed E-state index contributed by atoms with van der Waals surface area (Å²) in [5, 5.41) is 20.2. The second kappa shape index (κ2) is 5.87. The Labute approximate surface area is 115 Å². The number of rotatable bonds is 4. The first-order chi connectivity index (χ1) is 9.58. The maximum Gasteiger partial charge on any atom is 0.311 e. The largest absolute Gasteiger partial charge is 0.490 e. The number of hydrogen-bond acceptors (Lipinski definition) is 5. The number of carbonyl (C=O) groups excluding carboxylic acids is 1. The molecule has 0 aliphatic carbocycles. The molecule has 1 atom stereocenters. The highest BCUT2D eigenvalue weighted by molar-refractivity contribution is 5.95. The molecule has 2 rings (SSSR count). The molecular formula is C13H16N2O5. The molecule has 1 N–H and O–H groups in total. The Morgan fingerprint density at radius 1 is 1.60 bits per heavy atom. The van der Waals surface area contributed by atoms with Crippen LogP contribution in [-0.4, -0.2) is 47.1 Å². The molecule has 0 aromatic heterocycles. The van der Waals surface area contributed by atoms with Crippen LogP contribution >= 0.6 is 0 Å². The van der Waals surface area contributed by atoms with Gasteiger partial charge in [0.2, 0.25) is 0 Å². The van der Waals surface area contributed by atoms with Crippen LogP contribution in [0.3, 0.4) is 0 Å². The molecule has 0 saturated carbocycles. The minimum atomic E-state index is -0.580. The summed E-state index contributed by atoms with van der Waals surface area (Å²) in [5.41, 5.74) is -0.00375. The first kappa shape index (κ1) is 14.3. The lowest BCUT2D eigenvalue weighted by Gasteiger charge is -2.23. The summed E-state index contributed by atoms with van der Waals surface area (Å²) in [4.78, 5) is 24.3. The normalized spacial score (nSPS) is 18.1. The van der Waals surface area contributed by atoms with Gasteiger partial charge in [0, 0.05) is 18.2 Å². The summed E-state index contributed by atoms with van der Waals surface area (Å²) in [6.45, 7) is 0.466. The standard InChI is InChI=1S/C13H16N2O5/c1-20-12-5-4-9(7-11(12)15(18)19)13(17)14-6-2-3-10(14)8-16/h4-5,7,10,16H,2-3,6,8H2,1H3/t10-/m1/s1. The first-order valence-corrected chi connectivity index (χ1v) is 6.32. The lowest BCUT2D eigenvalue weighted by Crippen LogP contribution is -2.37. The molecule has 1 aromatic rings. The molecule has 1 saturated heterocycles. The third-order valence-corrected chi connectivity index (χ3v) is 3.47. The Balaban J connectivity index is 2.31. The first-order valence-electron chi connectivity index (χ1n) is 6.32. The van der Waals surface area contributed by atoms with Crippen molar-refractivity contribution in [3.63, 3.8) is 0 Å². The van der Waals surface area contributed by atoms with Crippen LogP contribution in [0.15, 0.2) is 18.2 Å².